The van der Waals surface area contributed by atoms with E-state index in [4.69, 9.17) is 9.47 Å². The number of unbranched alkanes of at least 4 members (excludes halogenated alkanes) is 1. The van der Waals surface area contributed by atoms with Crippen LogP contribution in [0.1, 0.15) is 19.8 Å². The van der Waals surface area contributed by atoms with Gasteiger partial charge in [-0.15, -0.1) is 0 Å². The maximum atomic E-state index is 12.8. The Morgan fingerprint density at radius 2 is 1.80 bits per heavy atom. The van der Waals surface area contributed by atoms with Crippen LogP contribution in [0.5, 0.6) is 5.75 Å². The van der Waals surface area contributed by atoms with Crippen LogP contribution < -0.4 is 4.74 Å². The highest BCUT2D eigenvalue weighted by molar-refractivity contribution is 5.78. The van der Waals surface area contributed by atoms with Gasteiger partial charge in [-0.3, -0.25) is 14.5 Å². The first-order valence-corrected chi connectivity index (χ1v) is 8.62. The van der Waals surface area contributed by atoms with Crippen molar-refractivity contribution in [1.82, 2.24) is 9.80 Å². The summed E-state index contributed by atoms with van der Waals surface area (Å²) in [6.07, 6.45) is 1.87. The van der Waals surface area contributed by atoms with Crippen LogP contribution in [0.2, 0.25) is 0 Å². The number of esters is 1. The van der Waals surface area contributed by atoms with E-state index < -0.39 is 0 Å². The van der Waals surface area contributed by atoms with E-state index >= 15 is 0 Å². The van der Waals surface area contributed by atoms with Gasteiger partial charge in [0.05, 0.1) is 13.2 Å². The zero-order valence-corrected chi connectivity index (χ0v) is 14.6. The Bertz CT molecular complexity index is 557. The van der Waals surface area contributed by atoms with Crippen LogP contribution in [-0.2, 0) is 14.3 Å². The summed E-state index contributed by atoms with van der Waals surface area (Å²) >= 11 is 0. The van der Waals surface area contributed by atoms with E-state index in [0.717, 1.165) is 12.8 Å². The second kappa shape index (κ2) is 9.98. The van der Waals surface area contributed by atoms with E-state index in [-0.39, 0.29) is 30.8 Å². The van der Waals surface area contributed by atoms with Crippen LogP contribution in [0.4, 0.5) is 4.39 Å². The van der Waals surface area contributed by atoms with Crippen LogP contribution in [0, 0.1) is 5.82 Å². The average molecular weight is 352 g/mol. The quantitative estimate of drug-likeness (QED) is 0.526. The standard InChI is InChI=1S/C18H25FN2O4/c1-2-3-12-24-18(23)13-20-8-10-21(11-9-20)17(22)14-25-16-6-4-15(19)5-7-16/h4-7H,2-3,8-14H2,1H3. The summed E-state index contributed by atoms with van der Waals surface area (Å²) in [6.45, 7) is 5.05. The van der Waals surface area contributed by atoms with Crippen molar-refractivity contribution >= 4 is 11.9 Å². The van der Waals surface area contributed by atoms with Crippen LogP contribution in [0.15, 0.2) is 24.3 Å². The van der Waals surface area contributed by atoms with Gasteiger partial charge in [0.1, 0.15) is 11.6 Å². The van der Waals surface area contributed by atoms with E-state index in [1.54, 1.807) is 4.90 Å². The molecule has 2 rings (SSSR count). The van der Waals surface area contributed by atoms with Gasteiger partial charge >= 0.3 is 5.97 Å². The number of amides is 1. The van der Waals surface area contributed by atoms with E-state index in [2.05, 4.69) is 0 Å². The molecule has 1 aromatic rings. The number of halogens is 1. The number of piperazine rings is 1. The maximum Gasteiger partial charge on any atom is 0.320 e. The van der Waals surface area contributed by atoms with Crippen molar-refractivity contribution in [3.8, 4) is 5.75 Å². The zero-order valence-electron chi connectivity index (χ0n) is 14.6. The lowest BCUT2D eigenvalue weighted by molar-refractivity contribution is -0.145. The number of benzene rings is 1. The van der Waals surface area contributed by atoms with Gasteiger partial charge in [0, 0.05) is 26.2 Å². The normalized spacial score (nSPS) is 15.0. The molecule has 1 aliphatic heterocycles. The molecular formula is C18H25FN2O4. The molecule has 0 radical (unpaired) electrons. The van der Waals surface area contributed by atoms with E-state index in [1.807, 2.05) is 11.8 Å². The molecule has 1 amide bonds. The Morgan fingerprint density at radius 3 is 2.44 bits per heavy atom. The number of carbonyl (C=O) groups excluding carboxylic acids is 2. The summed E-state index contributed by atoms with van der Waals surface area (Å²) < 4.78 is 23.3. The molecule has 0 bridgehead atoms. The number of nitrogens with zero attached hydrogens (tertiary/aromatic N) is 2. The molecule has 0 N–H and O–H groups in total. The lowest BCUT2D eigenvalue weighted by Crippen LogP contribution is -2.51. The molecule has 0 spiro atoms. The largest absolute Gasteiger partial charge is 0.484 e. The van der Waals surface area contributed by atoms with Gasteiger partial charge in [-0.1, -0.05) is 13.3 Å². The van der Waals surface area contributed by atoms with Crippen molar-refractivity contribution in [3.05, 3.63) is 30.1 Å². The van der Waals surface area contributed by atoms with Crippen molar-refractivity contribution in [1.29, 1.82) is 0 Å². The summed E-state index contributed by atoms with van der Waals surface area (Å²) in [4.78, 5) is 27.5. The molecule has 1 fully saturated rings. The topological polar surface area (TPSA) is 59.1 Å². The summed E-state index contributed by atoms with van der Waals surface area (Å²) in [5.41, 5.74) is 0. The monoisotopic (exact) mass is 352 g/mol. The molecule has 1 saturated heterocycles. The first-order valence-electron chi connectivity index (χ1n) is 8.62. The van der Waals surface area contributed by atoms with Crippen molar-refractivity contribution < 1.29 is 23.5 Å². The Balaban J connectivity index is 1.66. The molecule has 0 saturated carbocycles. The lowest BCUT2D eigenvalue weighted by Gasteiger charge is -2.34. The smallest absolute Gasteiger partial charge is 0.320 e. The second-order valence-electron chi connectivity index (χ2n) is 5.97. The van der Waals surface area contributed by atoms with E-state index in [1.165, 1.54) is 24.3 Å². The second-order valence-corrected chi connectivity index (χ2v) is 5.97. The third-order valence-corrected chi connectivity index (χ3v) is 4.01. The molecule has 1 aromatic carbocycles. The third kappa shape index (κ3) is 6.70. The maximum absolute atomic E-state index is 12.8. The Hall–Kier alpha value is -2.15. The molecule has 1 aliphatic rings. The fourth-order valence-corrected chi connectivity index (χ4v) is 2.48. The van der Waals surface area contributed by atoms with Crippen molar-refractivity contribution in [2.45, 2.75) is 19.8 Å². The van der Waals surface area contributed by atoms with Gasteiger partial charge < -0.3 is 14.4 Å². The van der Waals surface area contributed by atoms with Gasteiger partial charge in [-0.2, -0.15) is 0 Å². The Kier molecular flexibility index (Phi) is 7.66. The molecule has 138 valence electrons. The number of rotatable bonds is 8. The van der Waals surface area contributed by atoms with Crippen molar-refractivity contribution in [2.75, 3.05) is 45.9 Å². The molecule has 1 heterocycles. The molecule has 7 heteroatoms. The number of ether oxygens (including phenoxy) is 2. The third-order valence-electron chi connectivity index (χ3n) is 4.01. The fourth-order valence-electron chi connectivity index (χ4n) is 2.48. The molecule has 25 heavy (non-hydrogen) atoms. The highest BCUT2D eigenvalue weighted by atomic mass is 19.1. The Labute approximate surface area is 147 Å². The highest BCUT2D eigenvalue weighted by Gasteiger charge is 2.23. The average Bonchev–Trinajstić information content (AvgIpc) is 2.62. The first-order chi connectivity index (χ1) is 12.1. The minimum absolute atomic E-state index is 0.0787. The number of hydrogen-bond donors (Lipinski definition) is 0. The van der Waals surface area contributed by atoms with Crippen molar-refractivity contribution in [3.63, 3.8) is 0 Å². The fraction of sp³-hybridized carbons (Fsp3) is 0.556. The molecule has 0 atom stereocenters. The van der Waals surface area contributed by atoms with E-state index in [9.17, 15) is 14.0 Å². The minimum Gasteiger partial charge on any atom is -0.484 e. The predicted octanol–water partition coefficient (Wildman–Crippen LogP) is 1.69. The van der Waals surface area contributed by atoms with Crippen molar-refractivity contribution in [2.24, 2.45) is 0 Å². The number of hydrogen-bond acceptors (Lipinski definition) is 5. The van der Waals surface area contributed by atoms with Gasteiger partial charge in [0.2, 0.25) is 0 Å². The summed E-state index contributed by atoms with van der Waals surface area (Å²) in [7, 11) is 0. The number of carbonyl (C=O) groups is 2. The van der Waals surface area contributed by atoms with Gasteiger partial charge in [-0.25, -0.2) is 4.39 Å². The van der Waals surface area contributed by atoms with Crippen LogP contribution in [0.3, 0.4) is 0 Å². The zero-order chi connectivity index (χ0) is 18.1. The molecule has 6 nitrogen and oxygen atoms in total. The van der Waals surface area contributed by atoms with Crippen LogP contribution in [-0.4, -0.2) is 67.6 Å². The minimum atomic E-state index is -0.344. The van der Waals surface area contributed by atoms with Crippen LogP contribution >= 0.6 is 0 Å². The van der Waals surface area contributed by atoms with Gasteiger partial charge in [0.25, 0.3) is 5.91 Å². The first kappa shape index (κ1) is 19.2. The summed E-state index contributed by atoms with van der Waals surface area (Å²) in [5.74, 6) is -0.214. The van der Waals surface area contributed by atoms with E-state index in [0.29, 0.717) is 38.5 Å². The summed E-state index contributed by atoms with van der Waals surface area (Å²) in [5, 5.41) is 0. The highest BCUT2D eigenvalue weighted by Crippen LogP contribution is 2.11. The molecular weight excluding hydrogens is 327 g/mol. The molecule has 0 aromatic heterocycles. The van der Waals surface area contributed by atoms with Gasteiger partial charge in [-0.05, 0) is 30.7 Å². The lowest BCUT2D eigenvalue weighted by atomic mass is 10.3. The van der Waals surface area contributed by atoms with Crippen LogP contribution in [0.25, 0.3) is 0 Å². The summed E-state index contributed by atoms with van der Waals surface area (Å²) in [6, 6.07) is 5.56. The molecule has 0 aliphatic carbocycles. The Morgan fingerprint density at radius 1 is 1.12 bits per heavy atom. The predicted molar refractivity (Wildman–Crippen MR) is 90.8 cm³/mol. The van der Waals surface area contributed by atoms with Gasteiger partial charge in [0.15, 0.2) is 6.61 Å². The molecule has 0 unspecified atom stereocenters. The SMILES string of the molecule is CCCCOC(=O)CN1CCN(C(=O)COc2ccc(F)cc2)CC1.